The average Bonchev–Trinajstić information content (AvgIpc) is 2.95. The van der Waals surface area contributed by atoms with Gasteiger partial charge in [0.2, 0.25) is 5.91 Å². The number of hydrogen-bond donors (Lipinski definition) is 1. The van der Waals surface area contributed by atoms with Crippen LogP contribution in [0.15, 0.2) is 53.1 Å². The van der Waals surface area contributed by atoms with Gasteiger partial charge in [0.05, 0.1) is 19.8 Å². The highest BCUT2D eigenvalue weighted by Crippen LogP contribution is 2.22. The Balaban J connectivity index is 1.62. The molecule has 23 heavy (non-hydrogen) atoms. The first-order chi connectivity index (χ1) is 11.2. The summed E-state index contributed by atoms with van der Waals surface area (Å²) in [4.78, 5) is 12.1. The molecule has 0 radical (unpaired) electrons. The molecule has 0 atom stereocenters. The van der Waals surface area contributed by atoms with E-state index in [1.807, 2.05) is 49.4 Å². The summed E-state index contributed by atoms with van der Waals surface area (Å²) in [5.74, 6) is 0.782. The lowest BCUT2D eigenvalue weighted by Crippen LogP contribution is -2.24. The van der Waals surface area contributed by atoms with Gasteiger partial charge < -0.3 is 14.5 Å². The first-order valence-electron chi connectivity index (χ1n) is 7.52. The molecule has 0 aliphatic rings. The molecule has 118 valence electrons. The Kier molecular flexibility index (Phi) is 4.33. The van der Waals surface area contributed by atoms with Crippen LogP contribution in [0.5, 0.6) is 5.75 Å². The normalized spacial score (nSPS) is 10.7. The second-order valence-corrected chi connectivity index (χ2v) is 5.56. The molecule has 1 N–H and O–H groups in total. The largest absolute Gasteiger partial charge is 0.497 e. The minimum Gasteiger partial charge on any atom is -0.497 e. The summed E-state index contributed by atoms with van der Waals surface area (Å²) in [5.41, 5.74) is 3.91. The molecule has 3 aromatic rings. The summed E-state index contributed by atoms with van der Waals surface area (Å²) in [7, 11) is 1.63. The summed E-state index contributed by atoms with van der Waals surface area (Å²) in [6, 6.07) is 13.6. The van der Waals surface area contributed by atoms with Crippen molar-refractivity contribution in [3.63, 3.8) is 0 Å². The molecule has 2 aromatic carbocycles. The van der Waals surface area contributed by atoms with Crippen LogP contribution in [-0.4, -0.2) is 13.0 Å². The van der Waals surface area contributed by atoms with E-state index < -0.39 is 0 Å². The van der Waals surface area contributed by atoms with Crippen LogP contribution in [0.25, 0.3) is 11.0 Å². The molecule has 0 saturated carbocycles. The second-order valence-electron chi connectivity index (χ2n) is 5.56. The highest BCUT2D eigenvalue weighted by atomic mass is 16.5. The quantitative estimate of drug-likeness (QED) is 0.783. The molecule has 1 amide bonds. The molecule has 0 aliphatic heterocycles. The number of furan rings is 1. The fourth-order valence-corrected chi connectivity index (χ4v) is 2.51. The fourth-order valence-electron chi connectivity index (χ4n) is 2.51. The maximum absolute atomic E-state index is 12.1. The van der Waals surface area contributed by atoms with Gasteiger partial charge in [0.25, 0.3) is 0 Å². The molecule has 4 nitrogen and oxygen atoms in total. The Hall–Kier alpha value is -2.75. The summed E-state index contributed by atoms with van der Waals surface area (Å²) in [6.45, 7) is 2.51. The van der Waals surface area contributed by atoms with E-state index in [-0.39, 0.29) is 5.91 Å². The molecular formula is C19H19NO3. The molecule has 0 aliphatic carbocycles. The van der Waals surface area contributed by atoms with E-state index in [2.05, 4.69) is 5.32 Å². The predicted molar refractivity (Wildman–Crippen MR) is 89.5 cm³/mol. The minimum atomic E-state index is -0.0240. The number of amides is 1. The van der Waals surface area contributed by atoms with Gasteiger partial charge in [-0.3, -0.25) is 4.79 Å². The van der Waals surface area contributed by atoms with E-state index in [0.717, 1.165) is 33.4 Å². The zero-order valence-corrected chi connectivity index (χ0v) is 13.3. The van der Waals surface area contributed by atoms with E-state index in [9.17, 15) is 4.79 Å². The zero-order valence-electron chi connectivity index (χ0n) is 13.3. The third-order valence-corrected chi connectivity index (χ3v) is 3.81. The van der Waals surface area contributed by atoms with Gasteiger partial charge in [0.1, 0.15) is 11.3 Å². The number of hydrogen-bond acceptors (Lipinski definition) is 3. The van der Waals surface area contributed by atoms with Crippen LogP contribution in [0.1, 0.15) is 16.7 Å². The number of carbonyl (C=O) groups excluding carboxylic acids is 1. The number of fused-ring (bicyclic) bond motifs is 1. The lowest BCUT2D eigenvalue weighted by Gasteiger charge is -2.06. The van der Waals surface area contributed by atoms with Gasteiger partial charge in [-0.25, -0.2) is 0 Å². The maximum Gasteiger partial charge on any atom is 0.224 e. The third-order valence-electron chi connectivity index (χ3n) is 3.81. The number of nitrogens with one attached hydrogen (secondary N) is 1. The van der Waals surface area contributed by atoms with E-state index in [1.54, 1.807) is 13.4 Å². The van der Waals surface area contributed by atoms with Crippen molar-refractivity contribution >= 4 is 16.9 Å². The van der Waals surface area contributed by atoms with Crippen molar-refractivity contribution in [3.05, 3.63) is 65.4 Å². The molecule has 0 spiro atoms. The SMILES string of the molecule is COc1ccc(CNC(=O)Cc2coc3cc(C)ccc23)cc1. The van der Waals surface area contributed by atoms with Crippen LogP contribution < -0.4 is 10.1 Å². The van der Waals surface area contributed by atoms with Crippen molar-refractivity contribution in [1.29, 1.82) is 0 Å². The van der Waals surface area contributed by atoms with Crippen molar-refractivity contribution in [2.45, 2.75) is 19.9 Å². The van der Waals surface area contributed by atoms with Crippen LogP contribution in [0.4, 0.5) is 0 Å². The van der Waals surface area contributed by atoms with Gasteiger partial charge >= 0.3 is 0 Å². The highest BCUT2D eigenvalue weighted by Gasteiger charge is 2.10. The Bertz CT molecular complexity index is 818. The van der Waals surface area contributed by atoms with Crippen molar-refractivity contribution in [2.24, 2.45) is 0 Å². The number of carbonyl (C=O) groups is 1. The van der Waals surface area contributed by atoms with Crippen LogP contribution in [0.3, 0.4) is 0 Å². The average molecular weight is 309 g/mol. The summed E-state index contributed by atoms with van der Waals surface area (Å²) < 4.78 is 10.6. The highest BCUT2D eigenvalue weighted by molar-refractivity contribution is 5.87. The van der Waals surface area contributed by atoms with Gasteiger partial charge in [-0.2, -0.15) is 0 Å². The van der Waals surface area contributed by atoms with E-state index >= 15 is 0 Å². The van der Waals surface area contributed by atoms with Crippen LogP contribution >= 0.6 is 0 Å². The van der Waals surface area contributed by atoms with Crippen LogP contribution in [0.2, 0.25) is 0 Å². The Labute approximate surface area is 135 Å². The number of ether oxygens (including phenoxy) is 1. The van der Waals surface area contributed by atoms with Gasteiger partial charge in [-0.05, 0) is 36.2 Å². The standard InChI is InChI=1S/C19H19NO3/c1-13-3-8-17-15(12-23-18(17)9-13)10-19(21)20-11-14-4-6-16(22-2)7-5-14/h3-9,12H,10-11H2,1-2H3,(H,20,21). The van der Waals surface area contributed by atoms with E-state index in [1.165, 1.54) is 0 Å². The molecule has 0 unspecified atom stereocenters. The first-order valence-corrected chi connectivity index (χ1v) is 7.52. The zero-order chi connectivity index (χ0) is 16.2. The number of aryl methyl sites for hydroxylation is 1. The molecule has 4 heteroatoms. The topological polar surface area (TPSA) is 51.5 Å². The number of methoxy groups -OCH3 is 1. The number of rotatable bonds is 5. The lowest BCUT2D eigenvalue weighted by molar-refractivity contribution is -0.120. The van der Waals surface area contributed by atoms with Crippen molar-refractivity contribution in [1.82, 2.24) is 5.32 Å². The van der Waals surface area contributed by atoms with Crippen LogP contribution in [-0.2, 0) is 17.8 Å². The van der Waals surface area contributed by atoms with Gasteiger partial charge in [0, 0.05) is 17.5 Å². The van der Waals surface area contributed by atoms with Crippen LogP contribution in [0, 0.1) is 6.92 Å². The molecule has 0 saturated heterocycles. The Morgan fingerprint density at radius 3 is 2.70 bits per heavy atom. The fraction of sp³-hybridized carbons (Fsp3) is 0.211. The van der Waals surface area contributed by atoms with E-state index in [4.69, 9.17) is 9.15 Å². The van der Waals surface area contributed by atoms with Gasteiger partial charge in [-0.1, -0.05) is 24.3 Å². The predicted octanol–water partition coefficient (Wildman–Crippen LogP) is 3.61. The first kappa shape index (κ1) is 15.2. The van der Waals surface area contributed by atoms with Crippen molar-refractivity contribution < 1.29 is 13.9 Å². The maximum atomic E-state index is 12.1. The summed E-state index contributed by atoms with van der Waals surface area (Å²) in [6.07, 6.45) is 1.98. The molecule has 1 heterocycles. The Morgan fingerprint density at radius 2 is 1.96 bits per heavy atom. The van der Waals surface area contributed by atoms with Gasteiger partial charge in [-0.15, -0.1) is 0 Å². The van der Waals surface area contributed by atoms with Crippen molar-refractivity contribution in [2.75, 3.05) is 7.11 Å². The second kappa shape index (κ2) is 6.57. The molecular weight excluding hydrogens is 290 g/mol. The minimum absolute atomic E-state index is 0.0240. The summed E-state index contributed by atoms with van der Waals surface area (Å²) in [5, 5.41) is 3.92. The van der Waals surface area contributed by atoms with Crippen molar-refractivity contribution in [3.8, 4) is 5.75 Å². The van der Waals surface area contributed by atoms with Gasteiger partial charge in [0.15, 0.2) is 0 Å². The smallest absolute Gasteiger partial charge is 0.224 e. The monoisotopic (exact) mass is 309 g/mol. The van der Waals surface area contributed by atoms with E-state index in [0.29, 0.717) is 13.0 Å². The molecule has 0 bridgehead atoms. The summed E-state index contributed by atoms with van der Waals surface area (Å²) >= 11 is 0. The molecule has 0 fully saturated rings. The third kappa shape index (κ3) is 3.54. The molecule has 1 aromatic heterocycles. The lowest BCUT2D eigenvalue weighted by atomic mass is 10.1. The number of benzene rings is 2. The molecule has 3 rings (SSSR count). The Morgan fingerprint density at radius 1 is 1.17 bits per heavy atom.